The number of thioether (sulfide) groups is 2. The summed E-state index contributed by atoms with van der Waals surface area (Å²) in [6.07, 6.45) is 2.56. The van der Waals surface area contributed by atoms with Crippen LogP contribution in [0.5, 0.6) is 0 Å². The van der Waals surface area contributed by atoms with Gasteiger partial charge in [-0.25, -0.2) is 0 Å². The van der Waals surface area contributed by atoms with Crippen LogP contribution in [0.4, 0.5) is 5.13 Å². The molecule has 3 rings (SSSR count). The fourth-order valence-electron chi connectivity index (χ4n) is 2.33. The van der Waals surface area contributed by atoms with Crippen LogP contribution in [0.3, 0.4) is 0 Å². The minimum absolute atomic E-state index is 0.161. The molecule has 11 heteroatoms. The highest BCUT2D eigenvalue weighted by molar-refractivity contribution is 8.00. The van der Waals surface area contributed by atoms with E-state index in [0.717, 1.165) is 27.9 Å². The monoisotopic (exact) mass is 466 g/mol. The fraction of sp³-hybridized carbons (Fsp3) is 0.278. The second kappa shape index (κ2) is 10.8. The minimum atomic E-state index is -0.161. The molecule has 1 aromatic carbocycles. The largest absolute Gasteiger partial charge is 0.302 e. The summed E-state index contributed by atoms with van der Waals surface area (Å²) in [7, 11) is 0. The zero-order valence-corrected chi connectivity index (χ0v) is 18.9. The number of hydrogen-bond donors (Lipinski definition) is 1. The molecule has 152 valence electrons. The van der Waals surface area contributed by atoms with Gasteiger partial charge >= 0.3 is 0 Å². The summed E-state index contributed by atoms with van der Waals surface area (Å²) in [6, 6.07) is 7.68. The number of aromatic nitrogens is 5. The van der Waals surface area contributed by atoms with E-state index in [2.05, 4.69) is 32.3 Å². The summed E-state index contributed by atoms with van der Waals surface area (Å²) >= 11 is 10.1. The number of aryl methyl sites for hydroxylation is 1. The number of nitrogens with one attached hydrogen (secondary N) is 1. The van der Waals surface area contributed by atoms with Gasteiger partial charge in [-0.15, -0.1) is 27.0 Å². The number of rotatable bonds is 10. The van der Waals surface area contributed by atoms with Gasteiger partial charge in [0.2, 0.25) is 11.0 Å². The Balaban J connectivity index is 1.49. The van der Waals surface area contributed by atoms with Crippen molar-refractivity contribution in [1.82, 2.24) is 25.0 Å². The van der Waals surface area contributed by atoms with Gasteiger partial charge in [0.05, 0.1) is 5.75 Å². The molecule has 29 heavy (non-hydrogen) atoms. The molecule has 0 aliphatic heterocycles. The van der Waals surface area contributed by atoms with Crippen LogP contribution < -0.4 is 5.32 Å². The highest BCUT2D eigenvalue weighted by atomic mass is 35.5. The molecule has 2 heterocycles. The van der Waals surface area contributed by atoms with Gasteiger partial charge < -0.3 is 4.57 Å². The third kappa shape index (κ3) is 6.30. The van der Waals surface area contributed by atoms with Crippen LogP contribution in [0.1, 0.15) is 18.3 Å². The Hall–Kier alpha value is -1.88. The highest BCUT2D eigenvalue weighted by Gasteiger charge is 2.14. The molecule has 0 aliphatic carbocycles. The second-order valence-corrected chi connectivity index (χ2v) is 9.36. The zero-order valence-electron chi connectivity index (χ0n) is 15.7. The number of nitrogens with zero attached hydrogens (tertiary/aromatic N) is 5. The summed E-state index contributed by atoms with van der Waals surface area (Å²) in [5, 5.41) is 21.2. The smallest absolute Gasteiger partial charge is 0.236 e. The molecule has 0 bridgehead atoms. The van der Waals surface area contributed by atoms with E-state index < -0.39 is 0 Å². The van der Waals surface area contributed by atoms with Gasteiger partial charge in [-0.3, -0.25) is 10.1 Å². The van der Waals surface area contributed by atoms with E-state index in [-0.39, 0.29) is 11.7 Å². The average molecular weight is 467 g/mol. The number of carbonyl (C=O) groups excluding carboxylic acids is 1. The first-order valence-corrected chi connectivity index (χ1v) is 11.9. The summed E-state index contributed by atoms with van der Waals surface area (Å²) in [5.41, 5.74) is 1.15. The lowest BCUT2D eigenvalue weighted by Gasteiger charge is -2.06. The van der Waals surface area contributed by atoms with Gasteiger partial charge in [-0.2, -0.15) is 0 Å². The van der Waals surface area contributed by atoms with Crippen LogP contribution in [0, 0.1) is 0 Å². The predicted octanol–water partition coefficient (Wildman–Crippen LogP) is 4.55. The van der Waals surface area contributed by atoms with Crippen molar-refractivity contribution in [2.75, 3.05) is 11.1 Å². The van der Waals surface area contributed by atoms with E-state index >= 15 is 0 Å². The third-order valence-corrected chi connectivity index (χ3v) is 6.94. The standard InChI is InChI=1S/C18H19ClN6OS3/c1-3-9-25-14(4-2)21-23-17(25)27-11-15(26)20-16-22-24-18(29-16)28-10-12-5-7-13(19)8-6-12/h3,5-8H,1,4,9-11H2,2H3,(H,20,22,26). The molecule has 0 saturated heterocycles. The predicted molar refractivity (Wildman–Crippen MR) is 120 cm³/mol. The van der Waals surface area contributed by atoms with E-state index in [1.807, 2.05) is 35.8 Å². The normalized spacial score (nSPS) is 10.8. The van der Waals surface area contributed by atoms with Crippen molar-refractivity contribution in [2.24, 2.45) is 0 Å². The first kappa shape index (κ1) is 21.8. The van der Waals surface area contributed by atoms with E-state index in [0.29, 0.717) is 21.9 Å². The van der Waals surface area contributed by atoms with Crippen molar-refractivity contribution in [3.8, 4) is 0 Å². The molecule has 3 aromatic rings. The Labute approximate surface area is 186 Å². The van der Waals surface area contributed by atoms with E-state index in [1.165, 1.54) is 23.1 Å². The van der Waals surface area contributed by atoms with Crippen molar-refractivity contribution in [2.45, 2.75) is 35.1 Å². The molecular formula is C18H19ClN6OS3. The molecule has 0 radical (unpaired) electrons. The molecule has 1 N–H and O–H groups in total. The van der Waals surface area contributed by atoms with Crippen molar-refractivity contribution >= 4 is 57.5 Å². The Morgan fingerprint density at radius 2 is 2.03 bits per heavy atom. The summed E-state index contributed by atoms with van der Waals surface area (Å²) in [4.78, 5) is 12.3. The van der Waals surface area contributed by atoms with Crippen LogP contribution in [-0.2, 0) is 23.5 Å². The summed E-state index contributed by atoms with van der Waals surface area (Å²) < 4.78 is 2.75. The number of carbonyl (C=O) groups is 1. The molecule has 0 saturated carbocycles. The van der Waals surface area contributed by atoms with Gasteiger partial charge in [0.15, 0.2) is 9.50 Å². The summed E-state index contributed by atoms with van der Waals surface area (Å²) in [5.74, 6) is 1.69. The molecule has 1 amide bonds. The molecular weight excluding hydrogens is 448 g/mol. The summed E-state index contributed by atoms with van der Waals surface area (Å²) in [6.45, 7) is 6.39. The molecule has 7 nitrogen and oxygen atoms in total. The lowest BCUT2D eigenvalue weighted by atomic mass is 10.2. The Kier molecular flexibility index (Phi) is 8.10. The maximum absolute atomic E-state index is 12.3. The lowest BCUT2D eigenvalue weighted by Crippen LogP contribution is -2.14. The Morgan fingerprint density at radius 1 is 1.24 bits per heavy atom. The van der Waals surface area contributed by atoms with Crippen LogP contribution in [0.2, 0.25) is 5.02 Å². The molecule has 2 aromatic heterocycles. The van der Waals surface area contributed by atoms with Crippen molar-refractivity contribution < 1.29 is 4.79 Å². The highest BCUT2D eigenvalue weighted by Crippen LogP contribution is 2.29. The molecule has 0 unspecified atom stereocenters. The quantitative estimate of drug-likeness (QED) is 0.266. The van der Waals surface area contributed by atoms with Gasteiger partial charge in [0.1, 0.15) is 5.82 Å². The Morgan fingerprint density at radius 3 is 2.76 bits per heavy atom. The van der Waals surface area contributed by atoms with Gasteiger partial charge in [-0.05, 0) is 17.7 Å². The van der Waals surface area contributed by atoms with Crippen LogP contribution in [0.25, 0.3) is 0 Å². The topological polar surface area (TPSA) is 85.6 Å². The maximum Gasteiger partial charge on any atom is 0.236 e. The number of anilines is 1. The van der Waals surface area contributed by atoms with E-state index in [1.54, 1.807) is 17.8 Å². The first-order valence-electron chi connectivity index (χ1n) is 8.75. The van der Waals surface area contributed by atoms with Crippen LogP contribution in [0.15, 0.2) is 46.4 Å². The number of allylic oxidation sites excluding steroid dienone is 1. The van der Waals surface area contributed by atoms with Crippen molar-refractivity contribution in [3.63, 3.8) is 0 Å². The van der Waals surface area contributed by atoms with E-state index in [4.69, 9.17) is 11.6 Å². The van der Waals surface area contributed by atoms with Crippen LogP contribution >= 0.6 is 46.5 Å². The van der Waals surface area contributed by atoms with Gasteiger partial charge in [0.25, 0.3) is 0 Å². The number of halogens is 1. The van der Waals surface area contributed by atoms with Crippen LogP contribution in [-0.4, -0.2) is 36.6 Å². The number of hydrogen-bond acceptors (Lipinski definition) is 8. The first-order chi connectivity index (χ1) is 14.1. The zero-order chi connectivity index (χ0) is 20.6. The number of amides is 1. The second-order valence-electron chi connectivity index (χ2n) is 5.78. The SMILES string of the molecule is C=CCn1c(CC)nnc1SCC(=O)Nc1nnc(SCc2ccc(Cl)cc2)s1. The molecule has 0 atom stereocenters. The maximum atomic E-state index is 12.3. The van der Waals surface area contributed by atoms with E-state index in [9.17, 15) is 4.79 Å². The van der Waals surface area contributed by atoms with Gasteiger partial charge in [-0.1, -0.05) is 71.6 Å². The Bertz CT molecular complexity index is 972. The van der Waals surface area contributed by atoms with Crippen molar-refractivity contribution in [3.05, 3.63) is 53.3 Å². The lowest BCUT2D eigenvalue weighted by molar-refractivity contribution is -0.113. The average Bonchev–Trinajstić information content (AvgIpc) is 3.33. The molecule has 0 spiro atoms. The third-order valence-electron chi connectivity index (χ3n) is 3.68. The minimum Gasteiger partial charge on any atom is -0.302 e. The van der Waals surface area contributed by atoms with Gasteiger partial charge in [0, 0.05) is 23.7 Å². The molecule has 0 fully saturated rings. The molecule has 0 aliphatic rings. The number of benzene rings is 1. The fourth-order valence-corrected chi connectivity index (χ4v) is 4.95. The van der Waals surface area contributed by atoms with Crippen molar-refractivity contribution in [1.29, 1.82) is 0 Å².